The molecule has 1 aromatic rings. The molecular weight excluding hydrogens is 224 g/mol. The molecule has 8 nitrogen and oxygen atoms in total. The highest BCUT2D eigenvalue weighted by molar-refractivity contribution is 5.93. The van der Waals surface area contributed by atoms with Gasteiger partial charge in [-0.1, -0.05) is 12.1 Å². The van der Waals surface area contributed by atoms with Crippen molar-refractivity contribution >= 4 is 11.9 Å². The van der Waals surface area contributed by atoms with Crippen molar-refractivity contribution in [1.29, 1.82) is 0 Å². The van der Waals surface area contributed by atoms with E-state index in [0.717, 1.165) is 12.2 Å². The lowest BCUT2D eigenvalue weighted by Gasteiger charge is -2.00. The number of nitrogens with one attached hydrogen (secondary N) is 2. The highest BCUT2D eigenvalue weighted by Gasteiger charge is 2.05. The lowest BCUT2D eigenvalue weighted by molar-refractivity contribution is -0.120. The molecule has 0 spiro atoms. The summed E-state index contributed by atoms with van der Waals surface area (Å²) in [6.07, 6.45) is 1.88. The van der Waals surface area contributed by atoms with Gasteiger partial charge in [0.05, 0.1) is 12.2 Å². The van der Waals surface area contributed by atoms with Crippen LogP contribution in [0.15, 0.2) is 6.20 Å². The number of hydrogen-bond donors (Lipinski definition) is 3. The molecule has 0 aliphatic rings. The fourth-order valence-electron chi connectivity index (χ4n) is 1.20. The number of nitrogens with two attached hydrogens (primary N) is 1. The van der Waals surface area contributed by atoms with Gasteiger partial charge in [-0.15, -0.1) is 5.10 Å². The number of aryl methyl sites for hydroxylation is 1. The lowest BCUT2D eigenvalue weighted by atomic mass is 10.4. The Morgan fingerprint density at radius 1 is 1.53 bits per heavy atom. The minimum Gasteiger partial charge on any atom is -0.351 e. The molecule has 0 atom stereocenters. The van der Waals surface area contributed by atoms with Crippen LogP contribution in [0.3, 0.4) is 0 Å². The molecule has 0 fully saturated rings. The van der Waals surface area contributed by atoms with Crippen LogP contribution >= 0.6 is 0 Å². The Labute approximate surface area is 98.5 Å². The topological polar surface area (TPSA) is 115 Å². The summed E-state index contributed by atoms with van der Waals surface area (Å²) in [5, 5.41) is 12.9. The zero-order valence-electron chi connectivity index (χ0n) is 9.64. The molecule has 8 heteroatoms. The van der Waals surface area contributed by atoms with Gasteiger partial charge in [-0.2, -0.15) is 0 Å². The Morgan fingerprint density at radius 2 is 2.29 bits per heavy atom. The predicted molar refractivity (Wildman–Crippen MR) is 59.7 cm³/mol. The van der Waals surface area contributed by atoms with Gasteiger partial charge >= 0.3 is 6.03 Å². The van der Waals surface area contributed by atoms with E-state index >= 15 is 0 Å². The van der Waals surface area contributed by atoms with Crippen molar-refractivity contribution in [1.82, 2.24) is 25.6 Å². The van der Waals surface area contributed by atoms with E-state index < -0.39 is 11.9 Å². The molecular formula is C9H16N6O2. The van der Waals surface area contributed by atoms with Crippen LogP contribution in [0.25, 0.3) is 0 Å². The van der Waals surface area contributed by atoms with Crippen LogP contribution in [0.5, 0.6) is 0 Å². The second-order valence-corrected chi connectivity index (χ2v) is 3.42. The first-order valence-electron chi connectivity index (χ1n) is 5.30. The number of urea groups is 1. The maximum Gasteiger partial charge on any atom is 0.318 e. The summed E-state index contributed by atoms with van der Waals surface area (Å²) in [7, 11) is 0. The number of rotatable bonds is 6. The second-order valence-electron chi connectivity index (χ2n) is 3.42. The van der Waals surface area contributed by atoms with E-state index in [0.29, 0.717) is 13.1 Å². The quantitative estimate of drug-likeness (QED) is 0.588. The van der Waals surface area contributed by atoms with E-state index in [4.69, 9.17) is 5.73 Å². The largest absolute Gasteiger partial charge is 0.351 e. The number of aromatic nitrogens is 3. The van der Waals surface area contributed by atoms with Gasteiger partial charge in [-0.25, -0.2) is 4.79 Å². The van der Waals surface area contributed by atoms with E-state index in [1.807, 2.05) is 12.2 Å². The van der Waals surface area contributed by atoms with Gasteiger partial charge in [0.25, 0.3) is 0 Å². The van der Waals surface area contributed by atoms with Gasteiger partial charge in [0.2, 0.25) is 5.91 Å². The molecule has 4 N–H and O–H groups in total. The van der Waals surface area contributed by atoms with Crippen molar-refractivity contribution in [2.75, 3.05) is 6.54 Å². The van der Waals surface area contributed by atoms with Crippen molar-refractivity contribution in [3.05, 3.63) is 11.9 Å². The minimum atomic E-state index is -0.846. The van der Waals surface area contributed by atoms with E-state index in [1.165, 1.54) is 0 Å². The van der Waals surface area contributed by atoms with Gasteiger partial charge < -0.3 is 11.1 Å². The van der Waals surface area contributed by atoms with Gasteiger partial charge in [0.1, 0.15) is 0 Å². The standard InChI is InChI=1S/C9H16N6O2/c1-2-11-5-7-6-15(14-13-7)4-3-8(16)12-9(10)17/h6,11H,2-5H2,1H3,(H3,10,12,16,17). The predicted octanol–water partition coefficient (Wildman–Crippen LogP) is -1.03. The monoisotopic (exact) mass is 240 g/mol. The number of nitrogens with zero attached hydrogens (tertiary/aromatic N) is 3. The number of carbonyl (C=O) groups excluding carboxylic acids is 2. The number of hydrogen-bond acceptors (Lipinski definition) is 5. The molecule has 0 saturated heterocycles. The molecule has 0 saturated carbocycles. The van der Waals surface area contributed by atoms with Crippen LogP contribution < -0.4 is 16.4 Å². The van der Waals surface area contributed by atoms with Gasteiger partial charge in [-0.05, 0) is 6.54 Å². The normalized spacial score (nSPS) is 10.2. The maximum absolute atomic E-state index is 11.1. The summed E-state index contributed by atoms with van der Waals surface area (Å²) in [6.45, 7) is 3.86. The summed E-state index contributed by atoms with van der Waals surface area (Å²) < 4.78 is 1.55. The highest BCUT2D eigenvalue weighted by Crippen LogP contribution is 1.94. The molecule has 1 rings (SSSR count). The maximum atomic E-state index is 11.1. The number of amides is 3. The Bertz CT molecular complexity index is 389. The molecule has 1 heterocycles. The smallest absolute Gasteiger partial charge is 0.318 e. The van der Waals surface area contributed by atoms with Crippen LogP contribution in [0.4, 0.5) is 4.79 Å². The van der Waals surface area contributed by atoms with Crippen molar-refractivity contribution in [2.24, 2.45) is 5.73 Å². The number of primary amides is 1. The highest BCUT2D eigenvalue weighted by atomic mass is 16.2. The van der Waals surface area contributed by atoms with Crippen LogP contribution in [0.2, 0.25) is 0 Å². The van der Waals surface area contributed by atoms with E-state index in [9.17, 15) is 9.59 Å². The summed E-state index contributed by atoms with van der Waals surface area (Å²) in [4.78, 5) is 21.5. The Balaban J connectivity index is 2.34. The van der Waals surface area contributed by atoms with Crippen molar-refractivity contribution in [3.8, 4) is 0 Å². The van der Waals surface area contributed by atoms with Crippen LogP contribution in [0, 0.1) is 0 Å². The third-order valence-corrected chi connectivity index (χ3v) is 1.97. The van der Waals surface area contributed by atoms with Crippen LogP contribution in [-0.2, 0) is 17.9 Å². The van der Waals surface area contributed by atoms with Gasteiger partial charge in [0.15, 0.2) is 0 Å². The fourth-order valence-corrected chi connectivity index (χ4v) is 1.20. The van der Waals surface area contributed by atoms with Crippen LogP contribution in [0.1, 0.15) is 19.0 Å². The molecule has 0 bridgehead atoms. The molecule has 0 aromatic carbocycles. The number of imide groups is 1. The Hall–Kier alpha value is -1.96. The second kappa shape index (κ2) is 6.59. The summed E-state index contributed by atoms with van der Waals surface area (Å²) in [5.41, 5.74) is 5.61. The first-order chi connectivity index (χ1) is 8.11. The third kappa shape index (κ3) is 5.07. The summed E-state index contributed by atoms with van der Waals surface area (Å²) >= 11 is 0. The van der Waals surface area contributed by atoms with Crippen molar-refractivity contribution < 1.29 is 9.59 Å². The average Bonchev–Trinajstić information content (AvgIpc) is 2.70. The number of carbonyl (C=O) groups is 2. The summed E-state index contributed by atoms with van der Waals surface area (Å²) in [5.74, 6) is -0.429. The third-order valence-electron chi connectivity index (χ3n) is 1.97. The van der Waals surface area contributed by atoms with E-state index in [1.54, 1.807) is 10.9 Å². The zero-order chi connectivity index (χ0) is 12.7. The Morgan fingerprint density at radius 3 is 2.94 bits per heavy atom. The van der Waals surface area contributed by atoms with Crippen molar-refractivity contribution in [2.45, 2.75) is 26.4 Å². The molecule has 1 aromatic heterocycles. The van der Waals surface area contributed by atoms with Crippen molar-refractivity contribution in [3.63, 3.8) is 0 Å². The lowest BCUT2D eigenvalue weighted by Crippen LogP contribution is -2.35. The minimum absolute atomic E-state index is 0.132. The molecule has 0 aliphatic carbocycles. The Kier molecular flexibility index (Phi) is 5.08. The molecule has 3 amide bonds. The average molecular weight is 240 g/mol. The SMILES string of the molecule is CCNCc1cn(CCC(=O)NC(N)=O)nn1. The molecule has 94 valence electrons. The molecule has 0 unspecified atom stereocenters. The van der Waals surface area contributed by atoms with E-state index in [-0.39, 0.29) is 6.42 Å². The zero-order valence-corrected chi connectivity index (χ0v) is 9.64. The first kappa shape index (κ1) is 13.1. The molecule has 0 aliphatic heterocycles. The van der Waals surface area contributed by atoms with E-state index in [2.05, 4.69) is 15.6 Å². The van der Waals surface area contributed by atoms with Gasteiger partial charge in [0, 0.05) is 19.2 Å². The van der Waals surface area contributed by atoms with Gasteiger partial charge in [-0.3, -0.25) is 14.8 Å². The fraction of sp³-hybridized carbons (Fsp3) is 0.556. The first-order valence-corrected chi connectivity index (χ1v) is 5.30. The van der Waals surface area contributed by atoms with Crippen LogP contribution in [-0.4, -0.2) is 33.5 Å². The summed E-state index contributed by atoms with van der Waals surface area (Å²) in [6, 6.07) is -0.846. The molecule has 0 radical (unpaired) electrons. The molecule has 17 heavy (non-hydrogen) atoms.